The molecule has 1 fully saturated rings. The number of amides is 2. The number of anilines is 2. The normalized spacial score (nSPS) is 16.1. The first kappa shape index (κ1) is 19.4. The minimum absolute atomic E-state index is 0.0244. The predicted octanol–water partition coefficient (Wildman–Crippen LogP) is 3.97. The average molecular weight is 429 g/mol. The van der Waals surface area contributed by atoms with Gasteiger partial charge in [-0.05, 0) is 48.5 Å². The molecule has 1 saturated heterocycles. The molecular formula is C20H17ClN4O3S. The Balaban J connectivity index is 1.42. The Labute approximate surface area is 176 Å². The van der Waals surface area contributed by atoms with Crippen LogP contribution in [0.5, 0.6) is 5.75 Å². The van der Waals surface area contributed by atoms with Gasteiger partial charge in [0.15, 0.2) is 0 Å². The first-order valence-electron chi connectivity index (χ1n) is 8.88. The van der Waals surface area contributed by atoms with Crippen LogP contribution in [0.4, 0.5) is 10.8 Å². The zero-order chi connectivity index (χ0) is 20.4. The van der Waals surface area contributed by atoms with Gasteiger partial charge in [0.1, 0.15) is 10.8 Å². The molecule has 0 aliphatic carbocycles. The number of rotatable bonds is 5. The Morgan fingerprint density at radius 1 is 1.17 bits per heavy atom. The molecule has 148 valence electrons. The number of benzene rings is 2. The summed E-state index contributed by atoms with van der Waals surface area (Å²) in [5.41, 5.74) is 1.30. The highest BCUT2D eigenvalue weighted by Gasteiger charge is 2.34. The van der Waals surface area contributed by atoms with Crippen LogP contribution in [-0.2, 0) is 4.79 Å². The van der Waals surface area contributed by atoms with Crippen molar-refractivity contribution in [3.8, 4) is 5.75 Å². The molecule has 7 nitrogen and oxygen atoms in total. The standard InChI is InChI=1S/C20H17ClN4O3S/c1-28-16-8-2-12(3-9-16)18(27)22-20-24-23-19(29-20)13-10-17(26)25(11-13)15-6-4-14(21)5-7-15/h2-9,13H,10-11H2,1H3,(H,22,24,27)/t13-/m1/s1. The van der Waals surface area contributed by atoms with Gasteiger partial charge >= 0.3 is 0 Å². The van der Waals surface area contributed by atoms with E-state index in [9.17, 15) is 9.59 Å². The predicted molar refractivity (Wildman–Crippen MR) is 112 cm³/mol. The van der Waals surface area contributed by atoms with Gasteiger partial charge in [0.25, 0.3) is 5.91 Å². The SMILES string of the molecule is COc1ccc(C(=O)Nc2nnc([C@@H]3CC(=O)N(c4ccc(Cl)cc4)C3)s2)cc1. The number of nitrogens with one attached hydrogen (secondary N) is 1. The van der Waals surface area contributed by atoms with E-state index in [4.69, 9.17) is 16.3 Å². The molecule has 0 spiro atoms. The van der Waals surface area contributed by atoms with Gasteiger partial charge in [-0.3, -0.25) is 14.9 Å². The van der Waals surface area contributed by atoms with E-state index in [-0.39, 0.29) is 17.7 Å². The van der Waals surface area contributed by atoms with Crippen LogP contribution in [0, 0.1) is 0 Å². The molecular weight excluding hydrogens is 412 g/mol. The molecule has 4 rings (SSSR count). The highest BCUT2D eigenvalue weighted by molar-refractivity contribution is 7.15. The lowest BCUT2D eigenvalue weighted by atomic mass is 10.1. The van der Waals surface area contributed by atoms with Crippen molar-refractivity contribution < 1.29 is 14.3 Å². The van der Waals surface area contributed by atoms with Gasteiger partial charge in [0.05, 0.1) is 7.11 Å². The monoisotopic (exact) mass is 428 g/mol. The zero-order valence-electron chi connectivity index (χ0n) is 15.5. The number of nitrogens with zero attached hydrogens (tertiary/aromatic N) is 3. The van der Waals surface area contributed by atoms with Gasteiger partial charge in [-0.1, -0.05) is 22.9 Å². The maximum absolute atomic E-state index is 12.4. The lowest BCUT2D eigenvalue weighted by Crippen LogP contribution is -2.24. The van der Waals surface area contributed by atoms with Crippen LogP contribution < -0.4 is 15.0 Å². The molecule has 0 unspecified atom stereocenters. The van der Waals surface area contributed by atoms with Gasteiger partial charge in [-0.15, -0.1) is 10.2 Å². The molecule has 1 aliphatic heterocycles. The van der Waals surface area contributed by atoms with Crippen LogP contribution in [0.2, 0.25) is 5.02 Å². The van der Waals surface area contributed by atoms with E-state index in [1.54, 1.807) is 48.4 Å². The summed E-state index contributed by atoms with van der Waals surface area (Å²) in [6.45, 7) is 0.515. The number of hydrogen-bond donors (Lipinski definition) is 1. The van der Waals surface area contributed by atoms with E-state index in [0.717, 1.165) is 10.7 Å². The smallest absolute Gasteiger partial charge is 0.257 e. The van der Waals surface area contributed by atoms with Crippen LogP contribution in [0.1, 0.15) is 27.7 Å². The summed E-state index contributed by atoms with van der Waals surface area (Å²) in [6.07, 6.45) is 0.351. The topological polar surface area (TPSA) is 84.4 Å². The average Bonchev–Trinajstić information content (AvgIpc) is 3.35. The molecule has 1 N–H and O–H groups in total. The molecule has 1 aliphatic rings. The number of carbonyl (C=O) groups is 2. The summed E-state index contributed by atoms with van der Waals surface area (Å²) < 4.78 is 5.09. The van der Waals surface area contributed by atoms with Crippen molar-refractivity contribution in [3.63, 3.8) is 0 Å². The molecule has 1 aromatic heterocycles. The number of halogens is 1. The molecule has 9 heteroatoms. The third-order valence-electron chi connectivity index (χ3n) is 4.63. The number of carbonyl (C=O) groups excluding carboxylic acids is 2. The molecule has 3 aromatic rings. The molecule has 0 radical (unpaired) electrons. The highest BCUT2D eigenvalue weighted by atomic mass is 35.5. The van der Waals surface area contributed by atoms with Crippen LogP contribution >= 0.6 is 22.9 Å². The Hall–Kier alpha value is -2.97. The summed E-state index contributed by atoms with van der Waals surface area (Å²) in [7, 11) is 1.57. The van der Waals surface area contributed by atoms with E-state index >= 15 is 0 Å². The van der Waals surface area contributed by atoms with Crippen molar-refractivity contribution in [2.75, 3.05) is 23.9 Å². The van der Waals surface area contributed by atoms with Crippen molar-refractivity contribution in [2.45, 2.75) is 12.3 Å². The first-order valence-corrected chi connectivity index (χ1v) is 10.1. The summed E-state index contributed by atoms with van der Waals surface area (Å²) in [4.78, 5) is 26.5. The van der Waals surface area contributed by atoms with Gasteiger partial charge < -0.3 is 9.64 Å². The van der Waals surface area contributed by atoms with Gasteiger partial charge in [0.2, 0.25) is 11.0 Å². The lowest BCUT2D eigenvalue weighted by Gasteiger charge is -2.16. The molecule has 2 heterocycles. The summed E-state index contributed by atoms with van der Waals surface area (Å²) in [5.74, 6) is 0.357. The van der Waals surface area contributed by atoms with Crippen molar-refractivity contribution >= 4 is 45.6 Å². The molecule has 1 atom stereocenters. The summed E-state index contributed by atoms with van der Waals surface area (Å²) in [6, 6.07) is 14.0. The number of methoxy groups -OCH3 is 1. The summed E-state index contributed by atoms with van der Waals surface area (Å²) >= 11 is 7.21. The van der Waals surface area contributed by atoms with E-state index < -0.39 is 0 Å². The quantitative estimate of drug-likeness (QED) is 0.664. The first-order chi connectivity index (χ1) is 14.0. The largest absolute Gasteiger partial charge is 0.497 e. The molecule has 29 heavy (non-hydrogen) atoms. The van der Waals surface area contributed by atoms with Crippen molar-refractivity contribution in [1.82, 2.24) is 10.2 Å². The number of aromatic nitrogens is 2. The molecule has 2 aromatic carbocycles. The summed E-state index contributed by atoms with van der Waals surface area (Å²) in [5, 5.41) is 12.7. The van der Waals surface area contributed by atoms with Crippen LogP contribution in [0.25, 0.3) is 0 Å². The Morgan fingerprint density at radius 2 is 1.90 bits per heavy atom. The molecule has 0 bridgehead atoms. The second-order valence-corrected chi connectivity index (χ2v) is 7.96. The fourth-order valence-corrected chi connectivity index (χ4v) is 4.06. The van der Waals surface area contributed by atoms with E-state index in [0.29, 0.717) is 34.4 Å². The molecule has 0 saturated carbocycles. The Kier molecular flexibility index (Phi) is 5.46. The van der Waals surface area contributed by atoms with Crippen molar-refractivity contribution in [3.05, 3.63) is 64.1 Å². The Morgan fingerprint density at radius 3 is 2.59 bits per heavy atom. The van der Waals surface area contributed by atoms with Crippen molar-refractivity contribution in [2.24, 2.45) is 0 Å². The van der Waals surface area contributed by atoms with E-state index in [1.165, 1.54) is 11.3 Å². The van der Waals surface area contributed by atoms with Gasteiger partial charge in [-0.2, -0.15) is 0 Å². The van der Waals surface area contributed by atoms with Gasteiger partial charge in [-0.25, -0.2) is 0 Å². The Bertz CT molecular complexity index is 1040. The second-order valence-electron chi connectivity index (χ2n) is 6.51. The highest BCUT2D eigenvalue weighted by Crippen LogP contribution is 2.34. The van der Waals surface area contributed by atoms with E-state index in [1.807, 2.05) is 12.1 Å². The third-order valence-corrected chi connectivity index (χ3v) is 5.88. The minimum atomic E-state index is -0.277. The number of hydrogen-bond acceptors (Lipinski definition) is 6. The third kappa shape index (κ3) is 4.23. The lowest BCUT2D eigenvalue weighted by molar-refractivity contribution is -0.117. The van der Waals surface area contributed by atoms with Crippen LogP contribution in [0.15, 0.2) is 48.5 Å². The fraction of sp³-hybridized carbons (Fsp3) is 0.200. The maximum Gasteiger partial charge on any atom is 0.257 e. The van der Waals surface area contributed by atoms with E-state index in [2.05, 4.69) is 15.5 Å². The van der Waals surface area contributed by atoms with Gasteiger partial charge in [0, 0.05) is 35.2 Å². The minimum Gasteiger partial charge on any atom is -0.497 e. The van der Waals surface area contributed by atoms with Crippen LogP contribution in [-0.4, -0.2) is 35.7 Å². The van der Waals surface area contributed by atoms with Crippen LogP contribution in [0.3, 0.4) is 0 Å². The number of ether oxygens (including phenoxy) is 1. The maximum atomic E-state index is 12.4. The second kappa shape index (κ2) is 8.18. The molecule has 2 amide bonds. The fourth-order valence-electron chi connectivity index (χ4n) is 3.11. The zero-order valence-corrected chi connectivity index (χ0v) is 17.0. The van der Waals surface area contributed by atoms with Crippen molar-refractivity contribution in [1.29, 1.82) is 0 Å².